The standard InChI is InChI=1S/C41H53N7O9S/c1-3-24(2)35(48-39(54)32(45-36(51)29(42)23-58)21-27-14-16-28(49)17-15-27)40(55)44-30(18-19-34(43)50)37(52)46-31(20-25-10-6-4-7-11-25)38(53)47-33(41(56)57)22-26-12-8-5-9-13-26/h4-17,24,29-33,35,49,58H,3,18-23,42H2,1-2H3,(H2,43,50)(H,44,55)(H,45,51)(H,46,52)(H,47,53)(H,48,54)(H,56,57)/t24-,29-,30-,31-,32-,33-,35-/m0/s1. The Kier molecular flexibility index (Phi) is 18.7. The van der Waals surface area contributed by atoms with Crippen molar-refractivity contribution in [1.29, 1.82) is 0 Å². The highest BCUT2D eigenvalue weighted by molar-refractivity contribution is 7.80. The summed E-state index contributed by atoms with van der Waals surface area (Å²) in [5, 5.41) is 32.8. The zero-order chi connectivity index (χ0) is 42.8. The summed E-state index contributed by atoms with van der Waals surface area (Å²) >= 11 is 4.06. The van der Waals surface area contributed by atoms with Gasteiger partial charge < -0.3 is 48.3 Å². The Morgan fingerprint density at radius 2 is 1.05 bits per heavy atom. The lowest BCUT2D eigenvalue weighted by Crippen LogP contribution is -2.61. The fourth-order valence-corrected chi connectivity index (χ4v) is 6.03. The second-order valence-corrected chi connectivity index (χ2v) is 14.4. The van der Waals surface area contributed by atoms with Crippen molar-refractivity contribution in [3.8, 4) is 5.75 Å². The van der Waals surface area contributed by atoms with Crippen LogP contribution >= 0.6 is 12.6 Å². The lowest BCUT2D eigenvalue weighted by molar-refractivity contribution is -0.142. The molecule has 7 atom stereocenters. The number of carbonyl (C=O) groups is 7. The molecule has 0 aliphatic rings. The first-order valence-corrected chi connectivity index (χ1v) is 19.5. The van der Waals surface area contributed by atoms with Crippen molar-refractivity contribution in [2.75, 3.05) is 5.75 Å². The topological polar surface area (TPSA) is 272 Å². The number of rotatable bonds is 23. The number of nitrogens with one attached hydrogen (secondary N) is 5. The molecule has 0 aliphatic carbocycles. The van der Waals surface area contributed by atoms with E-state index in [9.17, 15) is 43.8 Å². The Morgan fingerprint density at radius 3 is 1.53 bits per heavy atom. The highest BCUT2D eigenvalue weighted by atomic mass is 32.1. The van der Waals surface area contributed by atoms with Crippen LogP contribution in [-0.2, 0) is 52.8 Å². The lowest BCUT2D eigenvalue weighted by atomic mass is 9.96. The summed E-state index contributed by atoms with van der Waals surface area (Å²) in [5.41, 5.74) is 13.1. The van der Waals surface area contributed by atoms with E-state index in [1.807, 2.05) is 0 Å². The number of carbonyl (C=O) groups excluding carboxylic acids is 6. The van der Waals surface area contributed by atoms with Gasteiger partial charge in [0.2, 0.25) is 35.4 Å². The number of nitrogens with two attached hydrogens (primary N) is 2. The van der Waals surface area contributed by atoms with Crippen LogP contribution in [0.1, 0.15) is 49.8 Å². The molecule has 0 spiro atoms. The predicted molar refractivity (Wildman–Crippen MR) is 219 cm³/mol. The minimum Gasteiger partial charge on any atom is -0.508 e. The summed E-state index contributed by atoms with van der Waals surface area (Å²) in [4.78, 5) is 92.5. The van der Waals surface area contributed by atoms with Gasteiger partial charge in [-0.2, -0.15) is 12.6 Å². The Balaban J connectivity index is 1.88. The molecular formula is C41H53N7O9S. The number of phenols is 1. The van der Waals surface area contributed by atoms with E-state index in [2.05, 4.69) is 39.2 Å². The van der Waals surface area contributed by atoms with Gasteiger partial charge in [0.25, 0.3) is 0 Å². The van der Waals surface area contributed by atoms with E-state index >= 15 is 0 Å². The first kappa shape index (κ1) is 46.4. The van der Waals surface area contributed by atoms with Gasteiger partial charge in [0.1, 0.15) is 36.0 Å². The van der Waals surface area contributed by atoms with Gasteiger partial charge in [0.15, 0.2) is 0 Å². The molecule has 3 aromatic rings. The summed E-state index contributed by atoms with van der Waals surface area (Å²) in [6.07, 6.45) is -0.338. The molecule has 0 aromatic heterocycles. The molecule has 0 saturated heterocycles. The first-order chi connectivity index (χ1) is 27.6. The molecule has 6 amide bonds. The van der Waals surface area contributed by atoms with Crippen LogP contribution in [0, 0.1) is 5.92 Å². The van der Waals surface area contributed by atoms with Crippen LogP contribution in [0.15, 0.2) is 84.9 Å². The maximum atomic E-state index is 14.0. The maximum Gasteiger partial charge on any atom is 0.326 e. The van der Waals surface area contributed by atoms with Crippen molar-refractivity contribution >= 4 is 54.0 Å². The van der Waals surface area contributed by atoms with Gasteiger partial charge in [-0.05, 0) is 41.2 Å². The lowest BCUT2D eigenvalue weighted by Gasteiger charge is -2.29. The van der Waals surface area contributed by atoms with Crippen LogP contribution < -0.4 is 38.1 Å². The number of thiol groups is 1. The second-order valence-electron chi connectivity index (χ2n) is 14.0. The summed E-state index contributed by atoms with van der Waals surface area (Å²) in [6, 6.07) is 15.7. The molecule has 0 heterocycles. The third kappa shape index (κ3) is 15.2. The highest BCUT2D eigenvalue weighted by Gasteiger charge is 2.35. The fourth-order valence-electron chi connectivity index (χ4n) is 5.86. The van der Waals surface area contributed by atoms with Crippen molar-refractivity contribution in [2.45, 2.75) is 88.6 Å². The summed E-state index contributed by atoms with van der Waals surface area (Å²) in [7, 11) is 0. The van der Waals surface area contributed by atoms with Gasteiger partial charge in [-0.25, -0.2) is 4.79 Å². The van der Waals surface area contributed by atoms with Crippen molar-refractivity contribution in [2.24, 2.45) is 17.4 Å². The number of phenolic OH excluding ortho intramolecular Hbond substituents is 1. The van der Waals surface area contributed by atoms with E-state index in [4.69, 9.17) is 11.5 Å². The van der Waals surface area contributed by atoms with Crippen LogP contribution in [0.5, 0.6) is 5.75 Å². The van der Waals surface area contributed by atoms with Crippen LogP contribution in [0.3, 0.4) is 0 Å². The molecule has 312 valence electrons. The molecule has 3 rings (SSSR count). The molecule has 0 unspecified atom stereocenters. The zero-order valence-electron chi connectivity index (χ0n) is 32.4. The molecule has 0 radical (unpaired) electrons. The zero-order valence-corrected chi connectivity index (χ0v) is 33.3. The number of benzene rings is 3. The molecule has 0 fully saturated rings. The van der Waals surface area contributed by atoms with Gasteiger partial charge >= 0.3 is 5.97 Å². The number of aliphatic carboxylic acids is 1. The summed E-state index contributed by atoms with van der Waals surface area (Å²) in [5.74, 6) is -6.45. The van der Waals surface area contributed by atoms with Crippen molar-refractivity contribution in [3.05, 3.63) is 102 Å². The number of carboxylic acids is 1. The molecule has 3 aromatic carbocycles. The molecule has 0 aliphatic heterocycles. The van der Waals surface area contributed by atoms with Crippen LogP contribution in [0.25, 0.3) is 0 Å². The average molecular weight is 820 g/mol. The Morgan fingerprint density at radius 1 is 0.621 bits per heavy atom. The van der Waals surface area contributed by atoms with Gasteiger partial charge in [-0.3, -0.25) is 28.8 Å². The van der Waals surface area contributed by atoms with Crippen molar-refractivity contribution in [1.82, 2.24) is 26.6 Å². The van der Waals surface area contributed by atoms with Gasteiger partial charge in [-0.1, -0.05) is 93.1 Å². The Labute approximate surface area is 342 Å². The molecule has 17 heteroatoms. The Hall–Kier alpha value is -5.94. The normalized spacial score (nSPS) is 14.6. The van der Waals surface area contributed by atoms with Crippen molar-refractivity contribution < 1.29 is 43.8 Å². The van der Waals surface area contributed by atoms with Gasteiger partial charge in [0, 0.05) is 31.4 Å². The third-order valence-corrected chi connectivity index (χ3v) is 9.85. The van der Waals surface area contributed by atoms with E-state index in [1.54, 1.807) is 86.6 Å². The number of amides is 6. The monoisotopic (exact) mass is 819 g/mol. The first-order valence-electron chi connectivity index (χ1n) is 18.9. The van der Waals surface area contributed by atoms with Gasteiger partial charge in [0.05, 0.1) is 6.04 Å². The van der Waals surface area contributed by atoms with Crippen LogP contribution in [0.4, 0.5) is 0 Å². The largest absolute Gasteiger partial charge is 0.508 e. The molecule has 0 bridgehead atoms. The Bertz CT molecular complexity index is 1850. The molecule has 58 heavy (non-hydrogen) atoms. The number of hydrogen-bond donors (Lipinski definition) is 10. The minimum atomic E-state index is -1.44. The average Bonchev–Trinajstić information content (AvgIpc) is 3.21. The minimum absolute atomic E-state index is 0.00570. The highest BCUT2D eigenvalue weighted by Crippen LogP contribution is 2.15. The van der Waals surface area contributed by atoms with Crippen LogP contribution in [-0.4, -0.2) is 93.6 Å². The van der Waals surface area contributed by atoms with E-state index in [1.165, 1.54) is 12.1 Å². The van der Waals surface area contributed by atoms with Crippen LogP contribution in [0.2, 0.25) is 0 Å². The summed E-state index contributed by atoms with van der Waals surface area (Å²) in [6.45, 7) is 3.48. The number of hydrogen-bond acceptors (Lipinski definition) is 10. The molecule has 0 saturated carbocycles. The van der Waals surface area contributed by atoms with E-state index in [-0.39, 0.29) is 43.6 Å². The smallest absolute Gasteiger partial charge is 0.326 e. The third-order valence-electron chi connectivity index (χ3n) is 9.46. The molecular weight excluding hydrogens is 767 g/mol. The summed E-state index contributed by atoms with van der Waals surface area (Å²) < 4.78 is 0. The quantitative estimate of drug-likeness (QED) is 0.0592. The number of primary amides is 1. The molecule has 11 N–H and O–H groups in total. The molecule has 16 nitrogen and oxygen atoms in total. The predicted octanol–water partition coefficient (Wildman–Crippen LogP) is 0.497. The van der Waals surface area contributed by atoms with E-state index in [0.29, 0.717) is 23.1 Å². The maximum absolute atomic E-state index is 14.0. The number of carboxylic acid groups (broad SMARTS) is 1. The fraction of sp³-hybridized carbons (Fsp3) is 0.390. The SMILES string of the molecule is CC[C@H](C)[C@H](NC(=O)[C@H](Cc1ccc(O)cc1)NC(=O)[C@@H](N)CS)C(=O)N[C@@H](CCC(N)=O)C(=O)N[C@@H](Cc1ccccc1)C(=O)N[C@@H](Cc1ccccc1)C(=O)O. The van der Waals surface area contributed by atoms with E-state index < -0.39 is 83.6 Å². The van der Waals surface area contributed by atoms with E-state index in [0.717, 1.165) is 0 Å². The van der Waals surface area contributed by atoms with Gasteiger partial charge in [-0.15, -0.1) is 0 Å². The van der Waals surface area contributed by atoms with Crippen molar-refractivity contribution in [3.63, 3.8) is 0 Å². The second kappa shape index (κ2) is 23.3. The number of aromatic hydroxyl groups is 1.